The van der Waals surface area contributed by atoms with Crippen molar-refractivity contribution in [1.29, 1.82) is 0 Å². The van der Waals surface area contributed by atoms with E-state index in [4.69, 9.17) is 5.11 Å². The predicted octanol–water partition coefficient (Wildman–Crippen LogP) is 1.74. The smallest absolute Gasteiger partial charge is 0.316 e. The Labute approximate surface area is 144 Å². The van der Waals surface area contributed by atoms with E-state index in [0.717, 1.165) is 24.6 Å². The van der Waals surface area contributed by atoms with Crippen LogP contribution in [0.25, 0.3) is 0 Å². The second kappa shape index (κ2) is 6.84. The molecule has 2 amide bonds. The summed E-state index contributed by atoms with van der Waals surface area (Å²) in [6.07, 6.45) is 2.45. The van der Waals surface area contributed by atoms with E-state index in [-0.39, 0.29) is 17.9 Å². The molecule has 24 heavy (non-hydrogen) atoms. The number of amides is 2. The fourth-order valence-corrected chi connectivity index (χ4v) is 3.75. The van der Waals surface area contributed by atoms with E-state index >= 15 is 0 Å². The van der Waals surface area contributed by atoms with Gasteiger partial charge in [-0.2, -0.15) is 0 Å². The molecular weight excluding hydrogens is 328 g/mol. The van der Waals surface area contributed by atoms with Gasteiger partial charge in [0.2, 0.25) is 5.91 Å². The monoisotopic (exact) mass is 348 g/mol. The molecule has 1 aliphatic carbocycles. The molecule has 0 aromatic heterocycles. The minimum atomic E-state index is -0.920. The molecule has 1 aromatic carbocycles. The lowest BCUT2D eigenvalue weighted by Gasteiger charge is -2.17. The first kappa shape index (κ1) is 16.8. The standard InChI is InChI=1S/C17H20N2O4S/c1-10(17(22)23)24-14-5-3-2-4-13(14)16(21)18-11-8-15(20)19(9-11)12-6-7-12/h2-5,10-12H,6-9H2,1H3,(H,18,21)(H,22,23). The van der Waals surface area contributed by atoms with Gasteiger partial charge in [-0.15, -0.1) is 11.8 Å². The van der Waals surface area contributed by atoms with Crippen molar-refractivity contribution in [2.24, 2.45) is 0 Å². The van der Waals surface area contributed by atoms with Gasteiger partial charge in [0.1, 0.15) is 5.25 Å². The van der Waals surface area contributed by atoms with Gasteiger partial charge in [0.15, 0.2) is 0 Å². The molecule has 1 saturated carbocycles. The predicted molar refractivity (Wildman–Crippen MR) is 90.0 cm³/mol. The van der Waals surface area contributed by atoms with Crippen LogP contribution in [-0.2, 0) is 9.59 Å². The topological polar surface area (TPSA) is 86.7 Å². The number of thioether (sulfide) groups is 1. The van der Waals surface area contributed by atoms with E-state index in [1.54, 1.807) is 31.2 Å². The van der Waals surface area contributed by atoms with Crippen LogP contribution in [0.2, 0.25) is 0 Å². The minimum absolute atomic E-state index is 0.102. The summed E-state index contributed by atoms with van der Waals surface area (Å²) < 4.78 is 0. The number of aliphatic carboxylic acids is 1. The van der Waals surface area contributed by atoms with Gasteiger partial charge in [0, 0.05) is 23.9 Å². The van der Waals surface area contributed by atoms with Crippen molar-refractivity contribution in [2.45, 2.75) is 48.4 Å². The third-order valence-electron chi connectivity index (χ3n) is 4.26. The van der Waals surface area contributed by atoms with E-state index in [2.05, 4.69) is 5.32 Å². The van der Waals surface area contributed by atoms with E-state index < -0.39 is 11.2 Å². The van der Waals surface area contributed by atoms with Gasteiger partial charge in [-0.25, -0.2) is 0 Å². The zero-order chi connectivity index (χ0) is 17.3. The van der Waals surface area contributed by atoms with Crippen LogP contribution in [0.5, 0.6) is 0 Å². The van der Waals surface area contributed by atoms with Crippen LogP contribution >= 0.6 is 11.8 Å². The van der Waals surface area contributed by atoms with Crippen LogP contribution < -0.4 is 5.32 Å². The van der Waals surface area contributed by atoms with Crippen LogP contribution in [-0.4, -0.2) is 51.7 Å². The van der Waals surface area contributed by atoms with E-state index in [1.807, 2.05) is 4.90 Å². The molecule has 7 heteroatoms. The second-order valence-electron chi connectivity index (χ2n) is 6.25. The first-order valence-electron chi connectivity index (χ1n) is 8.04. The Morgan fingerprint density at radius 3 is 2.71 bits per heavy atom. The van der Waals surface area contributed by atoms with Crippen LogP contribution in [0.15, 0.2) is 29.2 Å². The molecule has 1 aliphatic heterocycles. The Kier molecular flexibility index (Phi) is 4.80. The molecule has 2 unspecified atom stereocenters. The number of likely N-dealkylation sites (tertiary alicyclic amines) is 1. The molecule has 3 rings (SSSR count). The van der Waals surface area contributed by atoms with Crippen LogP contribution in [0.1, 0.15) is 36.5 Å². The van der Waals surface area contributed by atoms with Gasteiger partial charge in [0.25, 0.3) is 5.91 Å². The Morgan fingerprint density at radius 1 is 1.33 bits per heavy atom. The maximum Gasteiger partial charge on any atom is 0.316 e. The van der Waals surface area contributed by atoms with Gasteiger partial charge in [-0.1, -0.05) is 12.1 Å². The lowest BCUT2D eigenvalue weighted by atomic mass is 10.2. The number of hydrogen-bond acceptors (Lipinski definition) is 4. The summed E-state index contributed by atoms with van der Waals surface area (Å²) in [6.45, 7) is 2.15. The average Bonchev–Trinajstić information content (AvgIpc) is 3.31. The number of hydrogen-bond donors (Lipinski definition) is 2. The summed E-state index contributed by atoms with van der Waals surface area (Å²) in [6, 6.07) is 7.14. The summed E-state index contributed by atoms with van der Waals surface area (Å²) in [7, 11) is 0. The fourth-order valence-electron chi connectivity index (χ4n) is 2.83. The third kappa shape index (κ3) is 3.72. The molecule has 0 radical (unpaired) electrons. The number of carboxylic acid groups (broad SMARTS) is 1. The molecule has 2 aliphatic rings. The number of carboxylic acids is 1. The quantitative estimate of drug-likeness (QED) is 0.765. The second-order valence-corrected chi connectivity index (χ2v) is 7.63. The number of benzene rings is 1. The summed E-state index contributed by atoms with van der Waals surface area (Å²) in [5, 5.41) is 11.3. The molecule has 128 valence electrons. The van der Waals surface area contributed by atoms with Crippen molar-refractivity contribution < 1.29 is 19.5 Å². The summed E-state index contributed by atoms with van der Waals surface area (Å²) in [4.78, 5) is 38.1. The highest BCUT2D eigenvalue weighted by Gasteiger charge is 2.39. The SMILES string of the molecule is CC(Sc1ccccc1C(=O)NC1CC(=O)N(C2CC2)C1)C(=O)O. The van der Waals surface area contributed by atoms with Crippen molar-refractivity contribution in [2.75, 3.05) is 6.54 Å². The normalized spacial score (nSPS) is 21.6. The van der Waals surface area contributed by atoms with Crippen molar-refractivity contribution in [3.05, 3.63) is 29.8 Å². The minimum Gasteiger partial charge on any atom is -0.480 e. The van der Waals surface area contributed by atoms with Gasteiger partial charge >= 0.3 is 5.97 Å². The maximum atomic E-state index is 12.6. The van der Waals surface area contributed by atoms with Crippen LogP contribution in [0.4, 0.5) is 0 Å². The first-order valence-corrected chi connectivity index (χ1v) is 8.92. The molecular formula is C17H20N2O4S. The van der Waals surface area contributed by atoms with Gasteiger partial charge < -0.3 is 15.3 Å². The molecule has 1 aromatic rings. The lowest BCUT2D eigenvalue weighted by Crippen LogP contribution is -2.37. The summed E-state index contributed by atoms with van der Waals surface area (Å²) >= 11 is 1.14. The van der Waals surface area contributed by atoms with Gasteiger partial charge in [-0.05, 0) is 31.9 Å². The molecule has 1 heterocycles. The number of nitrogens with one attached hydrogen (secondary N) is 1. The van der Waals surface area contributed by atoms with Crippen LogP contribution in [0.3, 0.4) is 0 Å². The highest BCUT2D eigenvalue weighted by molar-refractivity contribution is 8.00. The molecule has 2 N–H and O–H groups in total. The Bertz CT molecular complexity index is 674. The molecule has 6 nitrogen and oxygen atoms in total. The Hall–Kier alpha value is -2.02. The van der Waals surface area contributed by atoms with Crippen molar-refractivity contribution in [3.8, 4) is 0 Å². The number of carbonyl (C=O) groups excluding carboxylic acids is 2. The number of rotatable bonds is 6. The van der Waals surface area contributed by atoms with Crippen molar-refractivity contribution in [3.63, 3.8) is 0 Å². The largest absolute Gasteiger partial charge is 0.480 e. The zero-order valence-electron chi connectivity index (χ0n) is 13.4. The molecule has 2 atom stereocenters. The van der Waals surface area contributed by atoms with E-state index in [1.165, 1.54) is 0 Å². The Morgan fingerprint density at radius 2 is 2.04 bits per heavy atom. The van der Waals surface area contributed by atoms with Crippen LogP contribution in [0, 0.1) is 0 Å². The van der Waals surface area contributed by atoms with Gasteiger partial charge in [0.05, 0.1) is 11.6 Å². The zero-order valence-corrected chi connectivity index (χ0v) is 14.2. The lowest BCUT2D eigenvalue weighted by molar-refractivity contribution is -0.136. The summed E-state index contributed by atoms with van der Waals surface area (Å²) in [5.74, 6) is -1.08. The molecule has 1 saturated heterocycles. The van der Waals surface area contributed by atoms with Crippen molar-refractivity contribution in [1.82, 2.24) is 10.2 Å². The van der Waals surface area contributed by atoms with E-state index in [9.17, 15) is 14.4 Å². The van der Waals surface area contributed by atoms with Gasteiger partial charge in [-0.3, -0.25) is 14.4 Å². The average molecular weight is 348 g/mol. The van der Waals surface area contributed by atoms with Crippen molar-refractivity contribution >= 4 is 29.5 Å². The number of carbonyl (C=O) groups is 3. The molecule has 2 fully saturated rings. The fraction of sp³-hybridized carbons (Fsp3) is 0.471. The first-order chi connectivity index (χ1) is 11.5. The van der Waals surface area contributed by atoms with E-state index in [0.29, 0.717) is 29.5 Å². The molecule has 0 bridgehead atoms. The Balaban J connectivity index is 1.67. The molecule has 0 spiro atoms. The third-order valence-corrected chi connectivity index (χ3v) is 5.43. The maximum absolute atomic E-state index is 12.6. The highest BCUT2D eigenvalue weighted by Crippen LogP contribution is 2.31. The number of nitrogens with zero attached hydrogens (tertiary/aromatic N) is 1. The highest BCUT2D eigenvalue weighted by atomic mass is 32.2. The summed E-state index contributed by atoms with van der Waals surface area (Å²) in [5.41, 5.74) is 0.452.